The molecule has 2 atom stereocenters. The molecule has 0 aliphatic carbocycles. The van der Waals surface area contributed by atoms with Crippen molar-refractivity contribution in [3.63, 3.8) is 0 Å². The lowest BCUT2D eigenvalue weighted by atomic mass is 10.1. The van der Waals surface area contributed by atoms with Crippen molar-refractivity contribution in [1.29, 1.82) is 0 Å². The van der Waals surface area contributed by atoms with E-state index in [2.05, 4.69) is 16.0 Å². The number of ether oxygens (including phenoxy) is 1. The van der Waals surface area contributed by atoms with Crippen LogP contribution in [-0.2, 0) is 20.9 Å². The summed E-state index contributed by atoms with van der Waals surface area (Å²) in [5, 5.41) is 9.08. The van der Waals surface area contributed by atoms with Crippen molar-refractivity contribution in [3.8, 4) is 0 Å². The molecule has 140 valence electrons. The van der Waals surface area contributed by atoms with Gasteiger partial charge in [0.1, 0.15) is 0 Å². The largest absolute Gasteiger partial charge is 0.378 e. The van der Waals surface area contributed by atoms with E-state index >= 15 is 0 Å². The first-order chi connectivity index (χ1) is 11.6. The third-order valence-corrected chi connectivity index (χ3v) is 4.17. The van der Waals surface area contributed by atoms with E-state index in [0.29, 0.717) is 26.2 Å². The van der Waals surface area contributed by atoms with Crippen LogP contribution < -0.4 is 16.0 Å². The van der Waals surface area contributed by atoms with Gasteiger partial charge in [-0.15, -0.1) is 12.4 Å². The fraction of sp³-hybridized carbons (Fsp3) is 0.556. The zero-order valence-electron chi connectivity index (χ0n) is 14.8. The van der Waals surface area contributed by atoms with Crippen LogP contribution in [0.15, 0.2) is 24.3 Å². The van der Waals surface area contributed by atoms with Crippen LogP contribution in [0.4, 0.5) is 5.69 Å². The van der Waals surface area contributed by atoms with Gasteiger partial charge in [0.05, 0.1) is 13.2 Å². The van der Waals surface area contributed by atoms with Crippen molar-refractivity contribution in [1.82, 2.24) is 10.6 Å². The van der Waals surface area contributed by atoms with Gasteiger partial charge in [-0.2, -0.15) is 0 Å². The molecule has 6 nitrogen and oxygen atoms in total. The van der Waals surface area contributed by atoms with E-state index in [1.165, 1.54) is 0 Å². The van der Waals surface area contributed by atoms with E-state index in [9.17, 15) is 9.59 Å². The van der Waals surface area contributed by atoms with E-state index in [-0.39, 0.29) is 36.2 Å². The van der Waals surface area contributed by atoms with Crippen LogP contribution in [0.3, 0.4) is 0 Å². The monoisotopic (exact) mass is 369 g/mol. The Hall–Kier alpha value is -1.63. The Bertz CT molecular complexity index is 562. The van der Waals surface area contributed by atoms with Gasteiger partial charge in [0.15, 0.2) is 0 Å². The van der Waals surface area contributed by atoms with Crippen LogP contribution in [0.1, 0.15) is 32.3 Å². The number of hydrogen-bond acceptors (Lipinski definition) is 4. The van der Waals surface area contributed by atoms with Gasteiger partial charge in [-0.25, -0.2) is 0 Å². The summed E-state index contributed by atoms with van der Waals surface area (Å²) >= 11 is 0. The summed E-state index contributed by atoms with van der Waals surface area (Å²) in [5.41, 5.74) is 1.72. The number of anilines is 1. The highest BCUT2D eigenvalue weighted by atomic mass is 35.5. The number of rotatable bonds is 7. The number of carbonyl (C=O) groups excluding carboxylic acids is 2. The summed E-state index contributed by atoms with van der Waals surface area (Å²) < 4.78 is 5.34. The minimum atomic E-state index is -0.0152. The molecule has 2 amide bonds. The van der Waals surface area contributed by atoms with Crippen molar-refractivity contribution in [3.05, 3.63) is 29.8 Å². The Kier molecular flexibility index (Phi) is 9.49. The van der Waals surface area contributed by atoms with E-state index in [4.69, 9.17) is 4.74 Å². The van der Waals surface area contributed by atoms with Gasteiger partial charge in [0.2, 0.25) is 11.8 Å². The summed E-state index contributed by atoms with van der Waals surface area (Å²) in [6, 6.07) is 7.64. The lowest BCUT2D eigenvalue weighted by molar-refractivity contribution is -0.122. The molecule has 3 N–H and O–H groups in total. The number of benzene rings is 1. The Morgan fingerprint density at radius 1 is 1.40 bits per heavy atom. The second-order valence-electron chi connectivity index (χ2n) is 6.21. The number of morpholine rings is 1. The van der Waals surface area contributed by atoms with Crippen molar-refractivity contribution in [2.24, 2.45) is 5.92 Å². The standard InChI is InChI=1S/C18H27N3O3.ClH/c1-3-13(2)18(23)21-15-6-4-5-14(9-15)11-20-17(22)10-16-12-24-8-7-19-16;/h4-6,9,13,16,19H,3,7-8,10-12H2,1-2H3,(H,20,22)(H,21,23);1H. The Morgan fingerprint density at radius 2 is 2.20 bits per heavy atom. The minimum absolute atomic E-state index is 0. The van der Waals surface area contributed by atoms with Gasteiger partial charge in [0.25, 0.3) is 0 Å². The molecule has 0 saturated carbocycles. The molecule has 1 aliphatic rings. The molecular weight excluding hydrogens is 342 g/mol. The van der Waals surface area contributed by atoms with Crippen LogP contribution in [-0.4, -0.2) is 37.6 Å². The molecule has 1 heterocycles. The molecule has 25 heavy (non-hydrogen) atoms. The predicted octanol–water partition coefficient (Wildman–Crippen LogP) is 2.09. The molecule has 1 aromatic carbocycles. The van der Waals surface area contributed by atoms with Crippen LogP contribution in [0.5, 0.6) is 0 Å². The summed E-state index contributed by atoms with van der Waals surface area (Å²) in [4.78, 5) is 23.9. The maximum absolute atomic E-state index is 12.0. The molecule has 2 unspecified atom stereocenters. The first kappa shape index (κ1) is 21.4. The van der Waals surface area contributed by atoms with Crippen molar-refractivity contribution >= 4 is 29.9 Å². The SMILES string of the molecule is CCC(C)C(=O)Nc1cccc(CNC(=O)CC2COCCN2)c1.Cl. The van der Waals surface area contributed by atoms with Crippen molar-refractivity contribution in [2.45, 2.75) is 39.3 Å². The highest BCUT2D eigenvalue weighted by Gasteiger charge is 2.16. The first-order valence-electron chi connectivity index (χ1n) is 8.56. The van der Waals surface area contributed by atoms with Gasteiger partial charge in [-0.05, 0) is 24.1 Å². The van der Waals surface area contributed by atoms with Gasteiger partial charge >= 0.3 is 0 Å². The molecule has 1 fully saturated rings. The number of amides is 2. The van der Waals surface area contributed by atoms with Gasteiger partial charge in [-0.3, -0.25) is 9.59 Å². The molecule has 0 bridgehead atoms. The van der Waals surface area contributed by atoms with Gasteiger partial charge < -0.3 is 20.7 Å². The highest BCUT2D eigenvalue weighted by molar-refractivity contribution is 5.92. The normalized spacial score (nSPS) is 17.9. The molecule has 7 heteroatoms. The maximum Gasteiger partial charge on any atom is 0.227 e. The van der Waals surface area contributed by atoms with E-state index < -0.39 is 0 Å². The summed E-state index contributed by atoms with van der Waals surface area (Å²) in [6.45, 7) is 6.40. The van der Waals surface area contributed by atoms with Crippen LogP contribution >= 0.6 is 12.4 Å². The summed E-state index contributed by atoms with van der Waals surface area (Å²) in [7, 11) is 0. The fourth-order valence-electron chi connectivity index (χ4n) is 2.46. The zero-order valence-corrected chi connectivity index (χ0v) is 15.7. The number of nitrogens with one attached hydrogen (secondary N) is 3. The average Bonchev–Trinajstić information content (AvgIpc) is 2.60. The van der Waals surface area contributed by atoms with Crippen LogP contribution in [0, 0.1) is 5.92 Å². The van der Waals surface area contributed by atoms with E-state index in [0.717, 1.165) is 24.2 Å². The Morgan fingerprint density at radius 3 is 2.88 bits per heavy atom. The topological polar surface area (TPSA) is 79.5 Å². The van der Waals surface area contributed by atoms with Crippen molar-refractivity contribution < 1.29 is 14.3 Å². The second-order valence-corrected chi connectivity index (χ2v) is 6.21. The maximum atomic E-state index is 12.0. The summed E-state index contributed by atoms with van der Waals surface area (Å²) in [5.74, 6) is -0.00678. The molecule has 1 aliphatic heterocycles. The molecule has 1 saturated heterocycles. The number of carbonyl (C=O) groups is 2. The van der Waals surface area contributed by atoms with Crippen molar-refractivity contribution in [2.75, 3.05) is 25.1 Å². The molecule has 2 rings (SSSR count). The third-order valence-electron chi connectivity index (χ3n) is 4.17. The zero-order chi connectivity index (χ0) is 17.4. The fourth-order valence-corrected chi connectivity index (χ4v) is 2.46. The predicted molar refractivity (Wildman–Crippen MR) is 101 cm³/mol. The second kappa shape index (κ2) is 11.1. The Labute approximate surface area is 155 Å². The molecule has 0 spiro atoms. The quantitative estimate of drug-likeness (QED) is 0.687. The van der Waals surface area contributed by atoms with E-state index in [1.54, 1.807) is 0 Å². The first-order valence-corrected chi connectivity index (χ1v) is 8.56. The third kappa shape index (κ3) is 7.42. The van der Waals surface area contributed by atoms with Gasteiger partial charge in [0, 0.05) is 37.2 Å². The minimum Gasteiger partial charge on any atom is -0.378 e. The van der Waals surface area contributed by atoms with E-state index in [1.807, 2.05) is 38.1 Å². The molecule has 1 aromatic rings. The smallest absolute Gasteiger partial charge is 0.227 e. The van der Waals surface area contributed by atoms with Crippen LogP contribution in [0.25, 0.3) is 0 Å². The number of halogens is 1. The summed E-state index contributed by atoms with van der Waals surface area (Å²) in [6.07, 6.45) is 1.21. The average molecular weight is 370 g/mol. The molecule has 0 aromatic heterocycles. The molecule has 0 radical (unpaired) electrons. The Balaban J connectivity index is 0.00000312. The lowest BCUT2D eigenvalue weighted by Crippen LogP contribution is -2.44. The van der Waals surface area contributed by atoms with Crippen LogP contribution in [0.2, 0.25) is 0 Å². The molecular formula is C18H28ClN3O3. The highest BCUT2D eigenvalue weighted by Crippen LogP contribution is 2.13. The number of hydrogen-bond donors (Lipinski definition) is 3. The van der Waals surface area contributed by atoms with Gasteiger partial charge in [-0.1, -0.05) is 26.0 Å². The lowest BCUT2D eigenvalue weighted by Gasteiger charge is -2.23.